The zero-order chi connectivity index (χ0) is 22.7. The molecule has 2 aromatic carbocycles. The van der Waals surface area contributed by atoms with Gasteiger partial charge in [-0.2, -0.15) is 13.2 Å². The Bertz CT molecular complexity index is 1090. The quantitative estimate of drug-likeness (QED) is 0.483. The van der Waals surface area contributed by atoms with Crippen LogP contribution in [0.4, 0.5) is 24.7 Å². The van der Waals surface area contributed by atoms with Crippen molar-refractivity contribution in [2.75, 3.05) is 24.6 Å². The van der Waals surface area contributed by atoms with Crippen molar-refractivity contribution < 1.29 is 23.4 Å². The lowest BCUT2D eigenvalue weighted by Gasteiger charge is -2.21. The number of aliphatic hydroxyl groups excluding tert-OH is 2. The molecule has 0 spiro atoms. The number of hydrogen-bond acceptors (Lipinski definition) is 5. The fourth-order valence-electron chi connectivity index (χ4n) is 4.08. The number of aromatic nitrogens is 1. The Hall–Kier alpha value is -2.94. The predicted octanol–water partition coefficient (Wildman–Crippen LogP) is 3.96. The van der Waals surface area contributed by atoms with E-state index in [4.69, 9.17) is 5.11 Å². The number of benzene rings is 2. The van der Waals surface area contributed by atoms with Gasteiger partial charge in [-0.25, -0.2) is 4.98 Å². The van der Waals surface area contributed by atoms with Crippen molar-refractivity contribution in [3.63, 3.8) is 0 Å². The Balaban J connectivity index is 1.57. The SMILES string of the molecule is OCCNC(O)c1cccc2c1CCN2c1cc(Cc2cccc(C(F)(F)F)c2)ccn1. The minimum Gasteiger partial charge on any atom is -0.395 e. The van der Waals surface area contributed by atoms with Crippen LogP contribution in [-0.4, -0.2) is 34.9 Å². The van der Waals surface area contributed by atoms with E-state index in [0.717, 1.165) is 34.9 Å². The molecule has 0 radical (unpaired) electrons. The molecule has 4 rings (SSSR count). The molecule has 1 aliphatic heterocycles. The molecule has 168 valence electrons. The van der Waals surface area contributed by atoms with Gasteiger partial charge in [0.05, 0.1) is 12.2 Å². The monoisotopic (exact) mass is 443 g/mol. The molecule has 1 unspecified atom stereocenters. The number of halogens is 3. The molecule has 0 aliphatic carbocycles. The molecule has 3 aromatic rings. The highest BCUT2D eigenvalue weighted by molar-refractivity contribution is 5.69. The summed E-state index contributed by atoms with van der Waals surface area (Å²) in [6, 6.07) is 14.7. The van der Waals surface area contributed by atoms with Crippen molar-refractivity contribution in [3.05, 3.63) is 88.6 Å². The fraction of sp³-hybridized carbons (Fsp3) is 0.292. The molecule has 1 aromatic heterocycles. The van der Waals surface area contributed by atoms with Gasteiger partial charge in [-0.05, 0) is 53.8 Å². The van der Waals surface area contributed by atoms with Gasteiger partial charge in [0.25, 0.3) is 0 Å². The van der Waals surface area contributed by atoms with Crippen LogP contribution in [-0.2, 0) is 19.0 Å². The third kappa shape index (κ3) is 4.77. The summed E-state index contributed by atoms with van der Waals surface area (Å²) in [5.41, 5.74) is 3.51. The van der Waals surface area contributed by atoms with Crippen LogP contribution in [0.5, 0.6) is 0 Å². The van der Waals surface area contributed by atoms with Crippen LogP contribution in [0.3, 0.4) is 0 Å². The zero-order valence-corrected chi connectivity index (χ0v) is 17.3. The van der Waals surface area contributed by atoms with Gasteiger partial charge >= 0.3 is 6.18 Å². The van der Waals surface area contributed by atoms with Gasteiger partial charge in [-0.15, -0.1) is 0 Å². The number of aliphatic hydroxyl groups is 2. The maximum atomic E-state index is 13.0. The van der Waals surface area contributed by atoms with Crippen molar-refractivity contribution >= 4 is 11.5 Å². The number of alkyl halides is 3. The third-order valence-electron chi connectivity index (χ3n) is 5.56. The summed E-state index contributed by atoms with van der Waals surface area (Å²) in [7, 11) is 0. The largest absolute Gasteiger partial charge is 0.416 e. The Morgan fingerprint density at radius 1 is 1.06 bits per heavy atom. The highest BCUT2D eigenvalue weighted by Crippen LogP contribution is 2.37. The van der Waals surface area contributed by atoms with Crippen LogP contribution in [0.15, 0.2) is 60.8 Å². The number of fused-ring (bicyclic) bond motifs is 1. The van der Waals surface area contributed by atoms with Crippen LogP contribution in [0.1, 0.15) is 34.0 Å². The van der Waals surface area contributed by atoms with Gasteiger partial charge in [0.1, 0.15) is 12.0 Å². The first-order chi connectivity index (χ1) is 15.4. The molecule has 0 saturated carbocycles. The van der Waals surface area contributed by atoms with E-state index in [1.54, 1.807) is 18.3 Å². The van der Waals surface area contributed by atoms with Gasteiger partial charge in [-0.3, -0.25) is 5.32 Å². The Labute approximate surface area is 184 Å². The second-order valence-electron chi connectivity index (χ2n) is 7.72. The van der Waals surface area contributed by atoms with E-state index in [1.165, 1.54) is 12.1 Å². The molecule has 32 heavy (non-hydrogen) atoms. The normalized spacial score (nSPS) is 14.5. The number of anilines is 2. The van der Waals surface area contributed by atoms with E-state index in [1.807, 2.05) is 29.2 Å². The summed E-state index contributed by atoms with van der Waals surface area (Å²) in [6.45, 7) is 0.896. The van der Waals surface area contributed by atoms with Crippen LogP contribution >= 0.6 is 0 Å². The lowest BCUT2D eigenvalue weighted by molar-refractivity contribution is -0.137. The van der Waals surface area contributed by atoms with E-state index in [-0.39, 0.29) is 13.2 Å². The Morgan fingerprint density at radius 3 is 2.62 bits per heavy atom. The molecule has 1 aliphatic rings. The first-order valence-corrected chi connectivity index (χ1v) is 10.4. The number of hydrogen-bond donors (Lipinski definition) is 3. The molecule has 1 atom stereocenters. The van der Waals surface area contributed by atoms with Crippen molar-refractivity contribution in [2.24, 2.45) is 0 Å². The van der Waals surface area contributed by atoms with E-state index in [0.29, 0.717) is 24.3 Å². The average molecular weight is 443 g/mol. The number of rotatable bonds is 7. The maximum Gasteiger partial charge on any atom is 0.416 e. The highest BCUT2D eigenvalue weighted by Gasteiger charge is 2.30. The lowest BCUT2D eigenvalue weighted by Crippen LogP contribution is -2.24. The van der Waals surface area contributed by atoms with Crippen LogP contribution < -0.4 is 10.2 Å². The molecular weight excluding hydrogens is 419 g/mol. The van der Waals surface area contributed by atoms with Crippen molar-refractivity contribution in [3.8, 4) is 0 Å². The Kier molecular flexibility index (Phi) is 6.45. The topological polar surface area (TPSA) is 68.6 Å². The molecule has 0 fully saturated rings. The highest BCUT2D eigenvalue weighted by atomic mass is 19.4. The minimum atomic E-state index is -4.37. The van der Waals surface area contributed by atoms with E-state index >= 15 is 0 Å². The average Bonchev–Trinajstić information content (AvgIpc) is 3.21. The fourth-order valence-corrected chi connectivity index (χ4v) is 4.08. The van der Waals surface area contributed by atoms with Crippen LogP contribution in [0.25, 0.3) is 0 Å². The second kappa shape index (κ2) is 9.28. The molecule has 0 saturated heterocycles. The molecule has 8 heteroatoms. The van der Waals surface area contributed by atoms with E-state index in [2.05, 4.69) is 10.3 Å². The molecule has 2 heterocycles. The van der Waals surface area contributed by atoms with Gasteiger partial charge in [-0.1, -0.05) is 30.3 Å². The molecule has 3 N–H and O–H groups in total. The molecular formula is C24H24F3N3O2. The molecule has 5 nitrogen and oxygen atoms in total. The molecule has 0 amide bonds. The van der Waals surface area contributed by atoms with Gasteiger partial charge in [0, 0.05) is 30.5 Å². The van der Waals surface area contributed by atoms with E-state index in [9.17, 15) is 18.3 Å². The number of pyridine rings is 1. The van der Waals surface area contributed by atoms with Crippen molar-refractivity contribution in [2.45, 2.75) is 25.2 Å². The summed E-state index contributed by atoms with van der Waals surface area (Å²) >= 11 is 0. The third-order valence-corrected chi connectivity index (χ3v) is 5.56. The lowest BCUT2D eigenvalue weighted by atomic mass is 10.0. The van der Waals surface area contributed by atoms with Gasteiger partial charge in [0.15, 0.2) is 0 Å². The number of nitrogens with zero attached hydrogens (tertiary/aromatic N) is 2. The van der Waals surface area contributed by atoms with Gasteiger partial charge in [0.2, 0.25) is 0 Å². The standard InChI is InChI=1S/C24H24F3N3O2/c25-24(26,27)18-4-1-3-16(14-18)13-17-7-9-28-22(15-17)30-11-8-19-20(5-2-6-21(19)30)23(32)29-10-12-31/h1-7,9,14-15,23,29,31-32H,8,10-13H2. The summed E-state index contributed by atoms with van der Waals surface area (Å²) in [5.74, 6) is 0.711. The van der Waals surface area contributed by atoms with E-state index < -0.39 is 18.0 Å². The summed E-state index contributed by atoms with van der Waals surface area (Å²) in [5, 5.41) is 22.3. The minimum absolute atomic E-state index is 0.0687. The van der Waals surface area contributed by atoms with Crippen molar-refractivity contribution in [1.82, 2.24) is 10.3 Å². The number of nitrogens with one attached hydrogen (secondary N) is 1. The zero-order valence-electron chi connectivity index (χ0n) is 17.3. The van der Waals surface area contributed by atoms with Crippen LogP contribution in [0, 0.1) is 0 Å². The summed E-state index contributed by atoms with van der Waals surface area (Å²) in [4.78, 5) is 6.53. The second-order valence-corrected chi connectivity index (χ2v) is 7.72. The first-order valence-electron chi connectivity index (χ1n) is 10.4. The van der Waals surface area contributed by atoms with Crippen molar-refractivity contribution in [1.29, 1.82) is 0 Å². The molecule has 0 bridgehead atoms. The predicted molar refractivity (Wildman–Crippen MR) is 116 cm³/mol. The maximum absolute atomic E-state index is 13.0. The summed E-state index contributed by atoms with van der Waals surface area (Å²) in [6.07, 6.45) is -2.49. The van der Waals surface area contributed by atoms with Crippen LogP contribution in [0.2, 0.25) is 0 Å². The van der Waals surface area contributed by atoms with Gasteiger partial charge < -0.3 is 15.1 Å². The summed E-state index contributed by atoms with van der Waals surface area (Å²) < 4.78 is 39.1. The smallest absolute Gasteiger partial charge is 0.395 e. The Morgan fingerprint density at radius 2 is 1.84 bits per heavy atom. The first kappa shape index (κ1) is 22.3.